The fraction of sp³-hybridized carbons (Fsp3) is 0.435. The molecule has 0 amide bonds. The highest BCUT2D eigenvalue weighted by molar-refractivity contribution is 14.0. The Hall–Kier alpha value is -1.58. The quantitative estimate of drug-likeness (QED) is 0.211. The van der Waals surface area contributed by atoms with Crippen molar-refractivity contribution in [2.45, 2.75) is 38.9 Å². The minimum absolute atomic E-state index is 0. The lowest BCUT2D eigenvalue weighted by molar-refractivity contribution is 0.198. The third-order valence-electron chi connectivity index (χ3n) is 5.00. The average Bonchev–Trinajstić information content (AvgIpc) is 3.26. The van der Waals surface area contributed by atoms with Gasteiger partial charge in [0.2, 0.25) is 0 Å². The van der Waals surface area contributed by atoms with Crippen LogP contribution in [0.25, 0.3) is 0 Å². The molecule has 1 aromatic heterocycles. The molecule has 0 spiro atoms. The molecule has 3 rings (SSSR count). The van der Waals surface area contributed by atoms with Gasteiger partial charge in [-0.1, -0.05) is 30.9 Å². The molecule has 1 aliphatic heterocycles. The van der Waals surface area contributed by atoms with Crippen LogP contribution in [0.15, 0.2) is 58.7 Å². The maximum absolute atomic E-state index is 5.75. The van der Waals surface area contributed by atoms with Crippen LogP contribution in [0.5, 0.6) is 5.75 Å². The number of halogens is 1. The lowest BCUT2D eigenvalue weighted by Gasteiger charge is -2.33. The van der Waals surface area contributed by atoms with Gasteiger partial charge in [-0.25, -0.2) is 4.99 Å². The van der Waals surface area contributed by atoms with Gasteiger partial charge in [-0.05, 0) is 48.2 Å². The molecule has 0 saturated carbocycles. The average molecular weight is 541 g/mol. The third-order valence-corrected chi connectivity index (χ3v) is 5.73. The second kappa shape index (κ2) is 13.7. The number of benzene rings is 1. The molecule has 0 atom stereocenters. The van der Waals surface area contributed by atoms with Crippen LogP contribution in [0.4, 0.5) is 0 Å². The number of nitrogens with zero attached hydrogens (tertiary/aromatic N) is 2. The van der Waals surface area contributed by atoms with E-state index >= 15 is 0 Å². The zero-order valence-corrected chi connectivity index (χ0v) is 20.8. The van der Waals surface area contributed by atoms with Crippen LogP contribution in [0.3, 0.4) is 0 Å². The minimum Gasteiger partial charge on any atom is -0.489 e. The molecule has 0 aliphatic carbocycles. The molecule has 2 heterocycles. The molecule has 1 fully saturated rings. The molecule has 0 bridgehead atoms. The predicted molar refractivity (Wildman–Crippen MR) is 138 cm³/mol. The number of guanidine groups is 1. The number of likely N-dealkylation sites (tertiary alicyclic amines) is 1. The first kappa shape index (κ1) is 24.7. The zero-order chi connectivity index (χ0) is 20.3. The monoisotopic (exact) mass is 540 g/mol. The number of hydrogen-bond acceptors (Lipinski definition) is 4. The molecule has 1 saturated heterocycles. The number of piperidine rings is 1. The van der Waals surface area contributed by atoms with Crippen LogP contribution in [0, 0.1) is 0 Å². The Balaban J connectivity index is 0.00000320. The van der Waals surface area contributed by atoms with E-state index in [1.54, 1.807) is 17.4 Å². The van der Waals surface area contributed by atoms with Crippen molar-refractivity contribution in [1.82, 2.24) is 15.5 Å². The normalized spacial score (nSPS) is 15.3. The van der Waals surface area contributed by atoms with Crippen LogP contribution in [0.2, 0.25) is 0 Å². The van der Waals surface area contributed by atoms with Crippen LogP contribution in [-0.4, -0.2) is 43.1 Å². The lowest BCUT2D eigenvalue weighted by atomic mass is 10.0. The maximum atomic E-state index is 5.75. The summed E-state index contributed by atoms with van der Waals surface area (Å²) in [5.74, 6) is 1.75. The van der Waals surface area contributed by atoms with Crippen molar-refractivity contribution in [2.24, 2.45) is 4.99 Å². The molecule has 5 nitrogen and oxygen atoms in total. The Labute approximate surface area is 201 Å². The Morgan fingerprint density at radius 3 is 2.80 bits per heavy atom. The molecular weight excluding hydrogens is 507 g/mol. The Kier molecular flexibility index (Phi) is 11.2. The molecule has 0 unspecified atom stereocenters. The van der Waals surface area contributed by atoms with Gasteiger partial charge in [0.25, 0.3) is 0 Å². The SMILES string of the molecule is C=CCOc1ccccc1CN=C(NCC)NC1CCN(Cc2ccsc2)CC1.I. The number of hydrogen-bond donors (Lipinski definition) is 2. The molecule has 1 aliphatic rings. The topological polar surface area (TPSA) is 48.9 Å². The van der Waals surface area contributed by atoms with Crippen LogP contribution in [-0.2, 0) is 13.1 Å². The Morgan fingerprint density at radius 2 is 2.10 bits per heavy atom. The van der Waals surface area contributed by atoms with Crippen LogP contribution in [0.1, 0.15) is 30.9 Å². The van der Waals surface area contributed by atoms with E-state index in [-0.39, 0.29) is 24.0 Å². The van der Waals surface area contributed by atoms with Gasteiger partial charge in [-0.3, -0.25) is 4.90 Å². The molecule has 30 heavy (non-hydrogen) atoms. The van der Waals surface area contributed by atoms with Crippen molar-refractivity contribution < 1.29 is 4.74 Å². The van der Waals surface area contributed by atoms with E-state index in [4.69, 9.17) is 9.73 Å². The van der Waals surface area contributed by atoms with Gasteiger partial charge in [-0.15, -0.1) is 24.0 Å². The first-order valence-electron chi connectivity index (χ1n) is 10.4. The second-order valence-corrected chi connectivity index (χ2v) is 8.01. The van der Waals surface area contributed by atoms with E-state index in [2.05, 4.69) is 51.9 Å². The zero-order valence-electron chi connectivity index (χ0n) is 17.7. The molecule has 2 aromatic rings. The van der Waals surface area contributed by atoms with Crippen molar-refractivity contribution >= 4 is 41.3 Å². The number of aliphatic imine (C=N–C) groups is 1. The summed E-state index contributed by atoms with van der Waals surface area (Å²) in [5, 5.41) is 11.4. The fourth-order valence-corrected chi connectivity index (χ4v) is 4.14. The summed E-state index contributed by atoms with van der Waals surface area (Å²) in [5.41, 5.74) is 2.51. The Bertz CT molecular complexity index is 773. The van der Waals surface area contributed by atoms with Gasteiger partial charge < -0.3 is 15.4 Å². The van der Waals surface area contributed by atoms with Crippen LogP contribution < -0.4 is 15.4 Å². The van der Waals surface area contributed by atoms with E-state index in [1.165, 1.54) is 5.56 Å². The van der Waals surface area contributed by atoms with Gasteiger partial charge >= 0.3 is 0 Å². The summed E-state index contributed by atoms with van der Waals surface area (Å²) in [6.45, 7) is 11.0. The first-order valence-corrected chi connectivity index (χ1v) is 11.3. The highest BCUT2D eigenvalue weighted by atomic mass is 127. The van der Waals surface area contributed by atoms with Crippen molar-refractivity contribution in [2.75, 3.05) is 26.2 Å². The van der Waals surface area contributed by atoms with Crippen molar-refractivity contribution in [3.8, 4) is 5.75 Å². The minimum atomic E-state index is 0. The van der Waals surface area contributed by atoms with Crippen molar-refractivity contribution in [3.05, 3.63) is 64.9 Å². The largest absolute Gasteiger partial charge is 0.489 e. The summed E-state index contributed by atoms with van der Waals surface area (Å²) in [6.07, 6.45) is 4.03. The highest BCUT2D eigenvalue weighted by Crippen LogP contribution is 2.19. The molecule has 164 valence electrons. The van der Waals surface area contributed by atoms with Crippen molar-refractivity contribution in [1.29, 1.82) is 0 Å². The summed E-state index contributed by atoms with van der Waals surface area (Å²) in [7, 11) is 0. The summed E-state index contributed by atoms with van der Waals surface area (Å²) < 4.78 is 5.75. The second-order valence-electron chi connectivity index (χ2n) is 7.23. The van der Waals surface area contributed by atoms with E-state index < -0.39 is 0 Å². The van der Waals surface area contributed by atoms with Gasteiger partial charge in [-0.2, -0.15) is 11.3 Å². The number of thiophene rings is 1. The number of ether oxygens (including phenoxy) is 1. The molecule has 1 aromatic carbocycles. The highest BCUT2D eigenvalue weighted by Gasteiger charge is 2.20. The summed E-state index contributed by atoms with van der Waals surface area (Å²) >= 11 is 1.77. The fourth-order valence-electron chi connectivity index (χ4n) is 3.48. The summed E-state index contributed by atoms with van der Waals surface area (Å²) in [4.78, 5) is 7.34. The first-order chi connectivity index (χ1) is 14.3. The van der Waals surface area contributed by atoms with E-state index in [0.29, 0.717) is 19.2 Å². The molecular formula is C23H33IN4OS. The van der Waals surface area contributed by atoms with E-state index in [9.17, 15) is 0 Å². The molecule has 7 heteroatoms. The van der Waals surface area contributed by atoms with Gasteiger partial charge in [0.05, 0.1) is 6.54 Å². The standard InChI is InChI=1S/C23H32N4OS.HI/c1-3-14-28-22-8-6-5-7-20(22)16-25-23(24-4-2)26-21-9-12-27(13-10-21)17-19-11-15-29-18-19;/h3,5-8,11,15,18,21H,1,4,9-10,12-14,16-17H2,2H3,(H2,24,25,26);1H. The molecule has 0 radical (unpaired) electrons. The lowest BCUT2D eigenvalue weighted by Crippen LogP contribution is -2.48. The molecule has 2 N–H and O–H groups in total. The maximum Gasteiger partial charge on any atom is 0.191 e. The van der Waals surface area contributed by atoms with Gasteiger partial charge in [0.15, 0.2) is 5.96 Å². The van der Waals surface area contributed by atoms with Gasteiger partial charge in [0, 0.05) is 37.8 Å². The number of para-hydroxylation sites is 1. The van der Waals surface area contributed by atoms with Crippen LogP contribution >= 0.6 is 35.3 Å². The Morgan fingerprint density at radius 1 is 1.30 bits per heavy atom. The third kappa shape index (κ3) is 7.92. The van der Waals surface area contributed by atoms with E-state index in [0.717, 1.165) is 56.3 Å². The van der Waals surface area contributed by atoms with Crippen molar-refractivity contribution in [3.63, 3.8) is 0 Å². The van der Waals surface area contributed by atoms with E-state index in [1.807, 2.05) is 18.2 Å². The predicted octanol–water partition coefficient (Wildman–Crippen LogP) is 4.65. The summed E-state index contributed by atoms with van der Waals surface area (Å²) in [6, 6.07) is 10.7. The van der Waals surface area contributed by atoms with Gasteiger partial charge in [0.1, 0.15) is 12.4 Å². The number of rotatable bonds is 9. The smallest absolute Gasteiger partial charge is 0.191 e. The number of nitrogens with one attached hydrogen (secondary N) is 2.